The monoisotopic (exact) mass is 407 g/mol. The Morgan fingerprint density at radius 2 is 1.75 bits per heavy atom. The maximum absolute atomic E-state index is 13.0. The average molecular weight is 408 g/mol. The van der Waals surface area contributed by atoms with Gasteiger partial charge in [0.05, 0.1) is 23.1 Å². The second kappa shape index (κ2) is 6.07. The molecule has 0 aliphatic heterocycles. The van der Waals surface area contributed by atoms with Crippen molar-refractivity contribution in [3.63, 3.8) is 0 Å². The van der Waals surface area contributed by atoms with Gasteiger partial charge in [-0.15, -0.1) is 0 Å². The number of aromatic nitrogens is 1. The van der Waals surface area contributed by atoms with Gasteiger partial charge < -0.3 is 4.74 Å². The van der Waals surface area contributed by atoms with E-state index in [0.717, 1.165) is 9.54 Å². The van der Waals surface area contributed by atoms with E-state index in [1.54, 1.807) is 42.5 Å². The Labute approximate surface area is 148 Å². The van der Waals surface area contributed by atoms with Gasteiger partial charge >= 0.3 is 5.97 Å². The predicted molar refractivity (Wildman–Crippen MR) is 94.7 cm³/mol. The molecular weight excluding hydrogens is 394 g/mol. The number of carbonyl (C=O) groups excluding carboxylic acids is 1. The van der Waals surface area contributed by atoms with Crippen molar-refractivity contribution >= 4 is 42.8 Å². The van der Waals surface area contributed by atoms with Crippen LogP contribution in [-0.4, -0.2) is 25.5 Å². The molecule has 5 nitrogen and oxygen atoms in total. The van der Waals surface area contributed by atoms with E-state index in [0.29, 0.717) is 9.86 Å². The molecule has 0 N–H and O–H groups in total. The number of ether oxygens (including phenoxy) is 1. The molecule has 0 fully saturated rings. The van der Waals surface area contributed by atoms with Crippen molar-refractivity contribution in [1.82, 2.24) is 3.97 Å². The van der Waals surface area contributed by atoms with Gasteiger partial charge in [0.1, 0.15) is 0 Å². The van der Waals surface area contributed by atoms with Gasteiger partial charge in [0, 0.05) is 16.1 Å². The molecule has 124 valence electrons. The lowest BCUT2D eigenvalue weighted by molar-refractivity contribution is 0.0602. The van der Waals surface area contributed by atoms with Crippen LogP contribution < -0.4 is 0 Å². The van der Waals surface area contributed by atoms with Crippen molar-refractivity contribution in [2.24, 2.45) is 0 Å². The second-order valence-electron chi connectivity index (χ2n) is 5.28. The standard InChI is InChI=1S/C17H14BrNO4S/c1-11-3-5-12(6-4-11)24(21,22)19-10-9-13-15(18)8-7-14(16(13)19)17(20)23-2/h3-10H,1-2H3. The molecule has 1 heterocycles. The first-order valence-electron chi connectivity index (χ1n) is 7.06. The summed E-state index contributed by atoms with van der Waals surface area (Å²) in [5.74, 6) is -0.591. The lowest BCUT2D eigenvalue weighted by atomic mass is 10.1. The molecule has 0 saturated carbocycles. The SMILES string of the molecule is COC(=O)c1ccc(Br)c2ccn(S(=O)(=O)c3ccc(C)cc3)c12. The summed E-state index contributed by atoms with van der Waals surface area (Å²) in [4.78, 5) is 12.2. The zero-order valence-electron chi connectivity index (χ0n) is 13.0. The molecule has 0 atom stereocenters. The highest BCUT2D eigenvalue weighted by atomic mass is 79.9. The van der Waals surface area contributed by atoms with Crippen LogP contribution in [0.25, 0.3) is 10.9 Å². The number of hydrogen-bond donors (Lipinski definition) is 0. The van der Waals surface area contributed by atoms with Crippen molar-refractivity contribution < 1.29 is 17.9 Å². The topological polar surface area (TPSA) is 65.4 Å². The number of nitrogens with zero attached hydrogens (tertiary/aromatic N) is 1. The number of carbonyl (C=O) groups is 1. The van der Waals surface area contributed by atoms with E-state index in [9.17, 15) is 13.2 Å². The van der Waals surface area contributed by atoms with Gasteiger partial charge in [0.2, 0.25) is 0 Å². The van der Waals surface area contributed by atoms with E-state index in [-0.39, 0.29) is 16.0 Å². The maximum Gasteiger partial charge on any atom is 0.340 e. The van der Waals surface area contributed by atoms with E-state index >= 15 is 0 Å². The van der Waals surface area contributed by atoms with Crippen molar-refractivity contribution in [1.29, 1.82) is 0 Å². The Morgan fingerprint density at radius 1 is 1.08 bits per heavy atom. The third-order valence-electron chi connectivity index (χ3n) is 3.74. The molecule has 0 spiro atoms. The Hall–Kier alpha value is -2.12. The number of esters is 1. The summed E-state index contributed by atoms with van der Waals surface area (Å²) >= 11 is 3.39. The highest BCUT2D eigenvalue weighted by Crippen LogP contribution is 2.31. The third kappa shape index (κ3) is 2.63. The first kappa shape index (κ1) is 16.7. The molecule has 7 heteroatoms. The summed E-state index contributed by atoms with van der Waals surface area (Å²) < 4.78 is 32.6. The number of fused-ring (bicyclic) bond motifs is 1. The van der Waals surface area contributed by atoms with Gasteiger partial charge in [0.25, 0.3) is 10.0 Å². The summed E-state index contributed by atoms with van der Waals surface area (Å²) in [5, 5.41) is 0.619. The van der Waals surface area contributed by atoms with E-state index in [1.807, 2.05) is 6.92 Å². The molecule has 0 amide bonds. The fourth-order valence-electron chi connectivity index (χ4n) is 2.49. The van der Waals surface area contributed by atoms with E-state index in [2.05, 4.69) is 15.9 Å². The fourth-order valence-corrected chi connectivity index (χ4v) is 4.31. The number of benzene rings is 2. The summed E-state index contributed by atoms with van der Waals surface area (Å²) in [6.45, 7) is 1.88. The van der Waals surface area contributed by atoms with Crippen molar-refractivity contribution in [3.8, 4) is 0 Å². The van der Waals surface area contributed by atoms with Gasteiger partial charge in [-0.25, -0.2) is 17.2 Å². The summed E-state index contributed by atoms with van der Waals surface area (Å²) in [6, 6.07) is 11.4. The quantitative estimate of drug-likeness (QED) is 0.620. The van der Waals surface area contributed by atoms with Gasteiger partial charge in [-0.3, -0.25) is 0 Å². The van der Waals surface area contributed by atoms with Crippen LogP contribution in [0.5, 0.6) is 0 Å². The minimum Gasteiger partial charge on any atom is -0.465 e. The molecule has 0 radical (unpaired) electrons. The summed E-state index contributed by atoms with van der Waals surface area (Å²) in [7, 11) is -2.57. The van der Waals surface area contributed by atoms with Crippen LogP contribution in [0.1, 0.15) is 15.9 Å². The lowest BCUT2D eigenvalue weighted by Crippen LogP contribution is -2.14. The van der Waals surface area contributed by atoms with Crippen LogP contribution >= 0.6 is 15.9 Å². The molecule has 24 heavy (non-hydrogen) atoms. The molecule has 0 bridgehead atoms. The smallest absolute Gasteiger partial charge is 0.340 e. The molecule has 0 unspecified atom stereocenters. The van der Waals surface area contributed by atoms with Crippen LogP contribution in [0, 0.1) is 6.92 Å². The largest absolute Gasteiger partial charge is 0.465 e. The van der Waals surface area contributed by atoms with Gasteiger partial charge in [-0.2, -0.15) is 0 Å². The number of rotatable bonds is 3. The van der Waals surface area contributed by atoms with E-state index in [4.69, 9.17) is 4.74 Å². The van der Waals surface area contributed by atoms with Crippen molar-refractivity contribution in [2.75, 3.05) is 7.11 Å². The zero-order valence-corrected chi connectivity index (χ0v) is 15.4. The van der Waals surface area contributed by atoms with Gasteiger partial charge in [-0.05, 0) is 37.3 Å². The molecule has 3 rings (SSSR count). The van der Waals surface area contributed by atoms with Crippen LogP contribution in [0.15, 0.2) is 58.0 Å². The first-order chi connectivity index (χ1) is 11.4. The molecular formula is C17H14BrNO4S. The number of halogens is 1. The van der Waals surface area contributed by atoms with Crippen LogP contribution in [0.2, 0.25) is 0 Å². The highest BCUT2D eigenvalue weighted by molar-refractivity contribution is 9.10. The van der Waals surface area contributed by atoms with Crippen LogP contribution in [0.4, 0.5) is 0 Å². The number of aryl methyl sites for hydroxylation is 1. The minimum absolute atomic E-state index is 0.154. The predicted octanol–water partition coefficient (Wildman–Crippen LogP) is 3.74. The molecule has 0 saturated heterocycles. The Kier molecular flexibility index (Phi) is 4.23. The Balaban J connectivity index is 2.32. The van der Waals surface area contributed by atoms with Crippen LogP contribution in [-0.2, 0) is 14.8 Å². The van der Waals surface area contributed by atoms with Gasteiger partial charge in [0.15, 0.2) is 0 Å². The van der Waals surface area contributed by atoms with Crippen LogP contribution in [0.3, 0.4) is 0 Å². The van der Waals surface area contributed by atoms with E-state index in [1.165, 1.54) is 13.3 Å². The highest BCUT2D eigenvalue weighted by Gasteiger charge is 2.23. The van der Waals surface area contributed by atoms with Gasteiger partial charge in [-0.1, -0.05) is 33.6 Å². The normalized spacial score (nSPS) is 11.6. The number of methoxy groups -OCH3 is 1. The summed E-state index contributed by atoms with van der Waals surface area (Å²) in [6.07, 6.45) is 1.44. The molecule has 1 aromatic heterocycles. The molecule has 2 aromatic carbocycles. The molecule has 0 aliphatic rings. The molecule has 3 aromatic rings. The Bertz CT molecular complexity index is 1040. The van der Waals surface area contributed by atoms with E-state index < -0.39 is 16.0 Å². The second-order valence-corrected chi connectivity index (χ2v) is 7.95. The van der Waals surface area contributed by atoms with Crippen molar-refractivity contribution in [2.45, 2.75) is 11.8 Å². The Morgan fingerprint density at radius 3 is 2.38 bits per heavy atom. The molecule has 0 aliphatic carbocycles. The first-order valence-corrected chi connectivity index (χ1v) is 9.29. The summed E-state index contributed by atoms with van der Waals surface area (Å²) in [5.41, 5.74) is 1.44. The van der Waals surface area contributed by atoms with Crippen molar-refractivity contribution in [3.05, 3.63) is 64.3 Å². The number of hydrogen-bond acceptors (Lipinski definition) is 4. The average Bonchev–Trinajstić information content (AvgIpc) is 3.01. The third-order valence-corrected chi connectivity index (χ3v) is 6.13. The lowest BCUT2D eigenvalue weighted by Gasteiger charge is -2.11. The fraction of sp³-hybridized carbons (Fsp3) is 0.118. The maximum atomic E-state index is 13.0. The zero-order chi connectivity index (χ0) is 17.5. The minimum atomic E-state index is -3.83.